The molecule has 4 amide bonds. The van der Waals surface area contributed by atoms with Crippen molar-refractivity contribution in [3.05, 3.63) is 0 Å². The molecule has 1 rings (SSSR count). The quantitative estimate of drug-likeness (QED) is 0.642. The fourth-order valence-corrected chi connectivity index (χ4v) is 1.68. The Morgan fingerprint density at radius 1 is 1.39 bits per heavy atom. The van der Waals surface area contributed by atoms with Gasteiger partial charge in [0.25, 0.3) is 0 Å². The van der Waals surface area contributed by atoms with E-state index in [1.165, 1.54) is 16.8 Å². The van der Waals surface area contributed by atoms with E-state index in [-0.39, 0.29) is 19.5 Å². The molecule has 7 nitrogen and oxygen atoms in total. The highest BCUT2D eigenvalue weighted by Gasteiger charge is 2.36. The summed E-state index contributed by atoms with van der Waals surface area (Å²) in [5, 5.41) is 8.44. The third-order valence-electron chi connectivity index (χ3n) is 2.81. The lowest BCUT2D eigenvalue weighted by atomic mass is 10.3. The molecule has 1 fully saturated rings. The van der Waals surface area contributed by atoms with E-state index in [0.717, 1.165) is 4.90 Å². The Hall–Kier alpha value is -2.10. The average molecular weight is 252 g/mol. The van der Waals surface area contributed by atoms with E-state index in [2.05, 4.69) is 0 Å². The molecule has 0 aromatic heterocycles. The molecule has 98 valence electrons. The monoisotopic (exact) mass is 252 g/mol. The topological polar surface area (TPSA) is 84.7 Å². The fraction of sp³-hybridized carbons (Fsp3) is 0.636. The average Bonchev–Trinajstić information content (AvgIpc) is 2.38. The third kappa shape index (κ3) is 2.77. The Morgan fingerprint density at radius 3 is 2.61 bits per heavy atom. The van der Waals surface area contributed by atoms with Crippen LogP contribution in [0.5, 0.6) is 0 Å². The first-order valence-corrected chi connectivity index (χ1v) is 5.75. The first-order valence-electron chi connectivity index (χ1n) is 5.75. The first kappa shape index (κ1) is 14.0. The van der Waals surface area contributed by atoms with Crippen LogP contribution in [0.2, 0.25) is 0 Å². The Morgan fingerprint density at radius 2 is 2.06 bits per heavy atom. The largest absolute Gasteiger partial charge is 0.333 e. The van der Waals surface area contributed by atoms with Crippen LogP contribution in [0, 0.1) is 11.3 Å². The highest BCUT2D eigenvalue weighted by Crippen LogP contribution is 2.07. The van der Waals surface area contributed by atoms with Crippen LogP contribution in [-0.2, 0) is 9.59 Å². The minimum absolute atomic E-state index is 0.194. The van der Waals surface area contributed by atoms with Gasteiger partial charge in [0, 0.05) is 33.2 Å². The number of urea groups is 1. The van der Waals surface area contributed by atoms with Crippen LogP contribution in [0.3, 0.4) is 0 Å². The van der Waals surface area contributed by atoms with E-state index in [0.29, 0.717) is 13.1 Å². The Labute approximate surface area is 106 Å². The van der Waals surface area contributed by atoms with E-state index in [9.17, 15) is 14.4 Å². The molecule has 0 spiro atoms. The zero-order valence-corrected chi connectivity index (χ0v) is 10.5. The molecule has 0 saturated carbocycles. The van der Waals surface area contributed by atoms with E-state index in [4.69, 9.17) is 5.26 Å². The second-order valence-electron chi connectivity index (χ2n) is 3.95. The van der Waals surface area contributed by atoms with Gasteiger partial charge < -0.3 is 9.80 Å². The van der Waals surface area contributed by atoms with Gasteiger partial charge >= 0.3 is 17.8 Å². The highest BCUT2D eigenvalue weighted by atomic mass is 16.2. The van der Waals surface area contributed by atoms with Crippen molar-refractivity contribution >= 4 is 17.8 Å². The van der Waals surface area contributed by atoms with Crippen LogP contribution >= 0.6 is 0 Å². The predicted octanol–water partition coefficient (Wildman–Crippen LogP) is -0.357. The molecule has 0 aromatic carbocycles. The number of nitriles is 1. The van der Waals surface area contributed by atoms with Crippen molar-refractivity contribution in [1.29, 1.82) is 5.26 Å². The van der Waals surface area contributed by atoms with Gasteiger partial charge in [0.1, 0.15) is 0 Å². The third-order valence-corrected chi connectivity index (χ3v) is 2.81. The predicted molar refractivity (Wildman–Crippen MR) is 62.2 cm³/mol. The molecule has 0 unspecified atom stereocenters. The van der Waals surface area contributed by atoms with E-state index < -0.39 is 17.8 Å². The maximum absolute atomic E-state index is 11.9. The smallest absolute Gasteiger partial charge is 0.326 e. The Kier molecular flexibility index (Phi) is 4.66. The van der Waals surface area contributed by atoms with Crippen molar-refractivity contribution in [2.45, 2.75) is 13.3 Å². The lowest BCUT2D eigenvalue weighted by Crippen LogP contribution is -2.58. The zero-order valence-electron chi connectivity index (χ0n) is 10.5. The number of amides is 4. The van der Waals surface area contributed by atoms with Crippen molar-refractivity contribution in [2.24, 2.45) is 0 Å². The summed E-state index contributed by atoms with van der Waals surface area (Å²) in [4.78, 5) is 38.9. The number of likely N-dealkylation sites (N-methyl/N-ethyl adjacent to an activating group) is 1. The zero-order chi connectivity index (χ0) is 13.7. The van der Waals surface area contributed by atoms with Crippen LogP contribution in [-0.4, -0.2) is 65.8 Å². The molecule has 0 aromatic rings. The van der Waals surface area contributed by atoms with Crippen molar-refractivity contribution in [1.82, 2.24) is 14.7 Å². The summed E-state index contributed by atoms with van der Waals surface area (Å²) in [5.74, 6) is -1.44. The molecule has 0 bridgehead atoms. The number of carbonyl (C=O) groups excluding carboxylic acids is 3. The standard InChI is InChI=1S/C11H16N4O3/c1-3-14-7-8-15(10(17)9(14)16)11(18)13(2)6-4-5-12/h3-4,6-8H2,1-2H3. The molecule has 1 aliphatic rings. The van der Waals surface area contributed by atoms with Crippen LogP contribution in [0.25, 0.3) is 0 Å². The molecule has 0 N–H and O–H groups in total. The highest BCUT2D eigenvalue weighted by molar-refractivity contribution is 6.38. The minimum Gasteiger partial charge on any atom is -0.333 e. The molecule has 0 atom stereocenters. The maximum atomic E-state index is 11.9. The number of carbonyl (C=O) groups is 3. The number of rotatable bonds is 3. The van der Waals surface area contributed by atoms with Gasteiger partial charge in [-0.25, -0.2) is 4.79 Å². The van der Waals surface area contributed by atoms with Gasteiger partial charge in [-0.2, -0.15) is 5.26 Å². The summed E-state index contributed by atoms with van der Waals surface area (Å²) in [6, 6.07) is 1.39. The molecule has 1 saturated heterocycles. The molecular formula is C11H16N4O3. The van der Waals surface area contributed by atoms with Gasteiger partial charge in [-0.3, -0.25) is 14.5 Å². The first-order chi connectivity index (χ1) is 8.52. The van der Waals surface area contributed by atoms with Gasteiger partial charge in [-0.15, -0.1) is 0 Å². The van der Waals surface area contributed by atoms with E-state index >= 15 is 0 Å². The van der Waals surface area contributed by atoms with Crippen molar-refractivity contribution in [3.63, 3.8) is 0 Å². The molecular weight excluding hydrogens is 236 g/mol. The summed E-state index contributed by atoms with van der Waals surface area (Å²) in [7, 11) is 1.50. The van der Waals surface area contributed by atoms with Crippen LogP contribution in [0.15, 0.2) is 0 Å². The van der Waals surface area contributed by atoms with Crippen LogP contribution < -0.4 is 0 Å². The van der Waals surface area contributed by atoms with Crippen LogP contribution in [0.4, 0.5) is 4.79 Å². The number of nitrogens with zero attached hydrogens (tertiary/aromatic N) is 4. The molecule has 0 aliphatic carbocycles. The molecule has 7 heteroatoms. The minimum atomic E-state index is -0.795. The van der Waals surface area contributed by atoms with Gasteiger partial charge in [0.05, 0.1) is 12.5 Å². The van der Waals surface area contributed by atoms with E-state index in [1.807, 2.05) is 6.07 Å². The van der Waals surface area contributed by atoms with E-state index in [1.54, 1.807) is 6.92 Å². The summed E-state index contributed by atoms with van der Waals surface area (Å²) >= 11 is 0. The Balaban J connectivity index is 2.68. The van der Waals surface area contributed by atoms with Gasteiger partial charge in [-0.1, -0.05) is 0 Å². The second kappa shape index (κ2) is 6.00. The lowest BCUT2D eigenvalue weighted by molar-refractivity contribution is -0.153. The molecule has 1 heterocycles. The Bertz CT molecular complexity index is 402. The summed E-state index contributed by atoms with van der Waals surface area (Å²) in [6.45, 7) is 3.04. The summed E-state index contributed by atoms with van der Waals surface area (Å²) in [6.07, 6.45) is 0.194. The van der Waals surface area contributed by atoms with Crippen LogP contribution in [0.1, 0.15) is 13.3 Å². The van der Waals surface area contributed by atoms with Crippen molar-refractivity contribution in [3.8, 4) is 6.07 Å². The number of imide groups is 1. The maximum Gasteiger partial charge on any atom is 0.326 e. The van der Waals surface area contributed by atoms with Crippen molar-refractivity contribution in [2.75, 3.05) is 33.2 Å². The summed E-state index contributed by atoms with van der Waals surface area (Å²) < 4.78 is 0. The van der Waals surface area contributed by atoms with Crippen molar-refractivity contribution < 1.29 is 14.4 Å². The molecule has 0 radical (unpaired) electrons. The normalized spacial score (nSPS) is 15.6. The molecule has 1 aliphatic heterocycles. The van der Waals surface area contributed by atoms with Gasteiger partial charge in [-0.05, 0) is 6.92 Å². The number of piperazine rings is 1. The summed E-state index contributed by atoms with van der Waals surface area (Å²) in [5.41, 5.74) is 0. The fourth-order valence-electron chi connectivity index (χ4n) is 1.68. The number of hydrogen-bond acceptors (Lipinski definition) is 4. The van der Waals surface area contributed by atoms with Gasteiger partial charge in [0.2, 0.25) is 0 Å². The SMILES string of the molecule is CCN1CCN(C(=O)N(C)CCC#N)C(=O)C1=O. The lowest BCUT2D eigenvalue weighted by Gasteiger charge is -2.33. The molecule has 18 heavy (non-hydrogen) atoms. The second-order valence-corrected chi connectivity index (χ2v) is 3.95. The van der Waals surface area contributed by atoms with Gasteiger partial charge in [0.15, 0.2) is 0 Å². The number of hydrogen-bond donors (Lipinski definition) is 0.